The first-order chi connectivity index (χ1) is 10.1. The second-order valence-electron chi connectivity index (χ2n) is 6.62. The fourth-order valence-corrected chi connectivity index (χ4v) is 3.32. The molecule has 2 heterocycles. The number of benzene rings is 1. The van der Waals surface area contributed by atoms with Crippen molar-refractivity contribution in [3.05, 3.63) is 29.6 Å². The molecular formula is C17H25FN2O. The second kappa shape index (κ2) is 6.32. The van der Waals surface area contributed by atoms with Gasteiger partial charge >= 0.3 is 0 Å². The molecule has 2 aliphatic heterocycles. The Morgan fingerprint density at radius 2 is 2.00 bits per heavy atom. The molecule has 0 radical (unpaired) electrons. The molecule has 1 aromatic carbocycles. The molecule has 2 unspecified atom stereocenters. The first-order valence-corrected chi connectivity index (χ1v) is 8.02. The molecule has 2 aliphatic rings. The first-order valence-electron chi connectivity index (χ1n) is 8.02. The van der Waals surface area contributed by atoms with Gasteiger partial charge in [-0.2, -0.15) is 0 Å². The molecule has 2 atom stereocenters. The van der Waals surface area contributed by atoms with E-state index >= 15 is 0 Å². The van der Waals surface area contributed by atoms with E-state index in [2.05, 4.69) is 24.1 Å². The summed E-state index contributed by atoms with van der Waals surface area (Å²) in [5, 5.41) is 3.36. The van der Waals surface area contributed by atoms with Gasteiger partial charge in [0.25, 0.3) is 0 Å². The Morgan fingerprint density at radius 1 is 1.29 bits per heavy atom. The molecule has 3 nitrogen and oxygen atoms in total. The summed E-state index contributed by atoms with van der Waals surface area (Å²) < 4.78 is 20.1. The number of nitrogens with one attached hydrogen (secondary N) is 1. The summed E-state index contributed by atoms with van der Waals surface area (Å²) >= 11 is 0. The maximum atomic E-state index is 14.2. The lowest BCUT2D eigenvalue weighted by Crippen LogP contribution is -2.43. The molecule has 2 fully saturated rings. The van der Waals surface area contributed by atoms with E-state index in [0.717, 1.165) is 43.7 Å². The van der Waals surface area contributed by atoms with E-state index in [0.29, 0.717) is 24.7 Å². The van der Waals surface area contributed by atoms with Gasteiger partial charge < -0.3 is 15.0 Å². The number of rotatable bonds is 5. The molecule has 0 spiro atoms. The van der Waals surface area contributed by atoms with Crippen molar-refractivity contribution in [3.8, 4) is 0 Å². The molecule has 0 aromatic heterocycles. The normalized spacial score (nSPS) is 24.9. The molecule has 0 amide bonds. The largest absolute Gasteiger partial charge is 0.371 e. The number of hydrogen-bond acceptors (Lipinski definition) is 3. The maximum absolute atomic E-state index is 14.2. The number of ether oxygens (including phenoxy) is 1. The average Bonchev–Trinajstić information content (AvgIpc) is 2.79. The van der Waals surface area contributed by atoms with Crippen molar-refractivity contribution in [1.29, 1.82) is 0 Å². The fourth-order valence-electron chi connectivity index (χ4n) is 3.32. The lowest BCUT2D eigenvalue weighted by atomic mass is 10.1. The highest BCUT2D eigenvalue weighted by atomic mass is 19.1. The van der Waals surface area contributed by atoms with Crippen molar-refractivity contribution in [2.75, 3.05) is 24.5 Å². The number of nitrogens with zero attached hydrogens (tertiary/aromatic N) is 1. The summed E-state index contributed by atoms with van der Waals surface area (Å²) in [4.78, 5) is 2.31. The Bertz CT molecular complexity index is 480. The summed E-state index contributed by atoms with van der Waals surface area (Å²) in [6.07, 6.45) is 2.92. The summed E-state index contributed by atoms with van der Waals surface area (Å²) in [7, 11) is 0. The number of fused-ring (bicyclic) bond motifs is 2. The number of morpholine rings is 1. The van der Waals surface area contributed by atoms with E-state index in [4.69, 9.17) is 4.74 Å². The van der Waals surface area contributed by atoms with Gasteiger partial charge in [0.15, 0.2) is 0 Å². The fraction of sp³-hybridized carbons (Fsp3) is 0.647. The molecule has 21 heavy (non-hydrogen) atoms. The van der Waals surface area contributed by atoms with Gasteiger partial charge in [-0.25, -0.2) is 4.39 Å². The van der Waals surface area contributed by atoms with Gasteiger partial charge in [-0.15, -0.1) is 0 Å². The van der Waals surface area contributed by atoms with Crippen molar-refractivity contribution >= 4 is 5.69 Å². The van der Waals surface area contributed by atoms with E-state index in [1.165, 1.54) is 0 Å². The standard InChI is InChI=1S/C17H25FN2O/c1-12(2)8-19-9-15-16(18)4-3-5-17(15)20-10-13-6-7-14(11-20)21-13/h3-5,12-14,19H,6-11H2,1-2H3. The maximum Gasteiger partial charge on any atom is 0.129 e. The van der Waals surface area contributed by atoms with Gasteiger partial charge in [0.1, 0.15) is 5.82 Å². The Morgan fingerprint density at radius 3 is 2.67 bits per heavy atom. The number of halogens is 1. The van der Waals surface area contributed by atoms with E-state index in [1.54, 1.807) is 6.07 Å². The zero-order valence-electron chi connectivity index (χ0n) is 12.9. The molecule has 116 valence electrons. The molecule has 1 aromatic rings. The van der Waals surface area contributed by atoms with Crippen LogP contribution in [-0.2, 0) is 11.3 Å². The minimum atomic E-state index is -0.109. The van der Waals surface area contributed by atoms with E-state index in [1.807, 2.05) is 12.1 Å². The van der Waals surface area contributed by atoms with Crippen LogP contribution in [0, 0.1) is 11.7 Å². The van der Waals surface area contributed by atoms with Crippen LogP contribution in [0.25, 0.3) is 0 Å². The minimum absolute atomic E-state index is 0.109. The highest BCUT2D eigenvalue weighted by molar-refractivity contribution is 5.55. The second-order valence-corrected chi connectivity index (χ2v) is 6.62. The third-order valence-corrected chi connectivity index (χ3v) is 4.33. The smallest absolute Gasteiger partial charge is 0.129 e. The van der Waals surface area contributed by atoms with Gasteiger partial charge in [-0.05, 0) is 37.4 Å². The Hall–Kier alpha value is -1.13. The summed E-state index contributed by atoms with van der Waals surface area (Å²) in [5.41, 5.74) is 1.82. The van der Waals surface area contributed by atoms with Gasteiger partial charge in [-0.3, -0.25) is 0 Å². The predicted molar refractivity (Wildman–Crippen MR) is 83.1 cm³/mol. The quantitative estimate of drug-likeness (QED) is 0.903. The van der Waals surface area contributed by atoms with Gasteiger partial charge in [-0.1, -0.05) is 19.9 Å². The van der Waals surface area contributed by atoms with Crippen molar-refractivity contribution in [2.24, 2.45) is 5.92 Å². The van der Waals surface area contributed by atoms with Crippen LogP contribution in [0.1, 0.15) is 32.3 Å². The van der Waals surface area contributed by atoms with Crippen LogP contribution in [0.15, 0.2) is 18.2 Å². The Labute approximate surface area is 126 Å². The van der Waals surface area contributed by atoms with Crippen LogP contribution in [0.2, 0.25) is 0 Å². The topological polar surface area (TPSA) is 24.5 Å². The number of anilines is 1. The number of hydrogen-bond donors (Lipinski definition) is 1. The van der Waals surface area contributed by atoms with Crippen molar-refractivity contribution < 1.29 is 9.13 Å². The Kier molecular flexibility index (Phi) is 4.45. The lowest BCUT2D eigenvalue weighted by Gasteiger charge is -2.35. The third kappa shape index (κ3) is 3.38. The first kappa shape index (κ1) is 14.8. The lowest BCUT2D eigenvalue weighted by molar-refractivity contribution is 0.0304. The van der Waals surface area contributed by atoms with E-state index < -0.39 is 0 Å². The highest BCUT2D eigenvalue weighted by Gasteiger charge is 2.34. The van der Waals surface area contributed by atoms with Crippen LogP contribution < -0.4 is 10.2 Å². The van der Waals surface area contributed by atoms with Gasteiger partial charge in [0.2, 0.25) is 0 Å². The zero-order chi connectivity index (χ0) is 14.8. The van der Waals surface area contributed by atoms with Gasteiger partial charge in [0.05, 0.1) is 12.2 Å². The molecular weight excluding hydrogens is 267 g/mol. The van der Waals surface area contributed by atoms with E-state index in [-0.39, 0.29) is 5.82 Å². The molecule has 2 bridgehead atoms. The van der Waals surface area contributed by atoms with E-state index in [9.17, 15) is 4.39 Å². The summed E-state index contributed by atoms with van der Waals surface area (Å²) in [6.45, 7) is 7.59. The van der Waals surface area contributed by atoms with Crippen molar-refractivity contribution in [3.63, 3.8) is 0 Å². The predicted octanol–water partition coefficient (Wildman–Crippen LogP) is 2.94. The average molecular weight is 292 g/mol. The van der Waals surface area contributed by atoms with Crippen molar-refractivity contribution in [1.82, 2.24) is 5.32 Å². The zero-order valence-corrected chi connectivity index (χ0v) is 12.9. The summed E-state index contributed by atoms with van der Waals surface area (Å²) in [6, 6.07) is 5.42. The van der Waals surface area contributed by atoms with Crippen LogP contribution in [0.5, 0.6) is 0 Å². The Balaban J connectivity index is 1.76. The third-order valence-electron chi connectivity index (χ3n) is 4.33. The molecule has 0 aliphatic carbocycles. The highest BCUT2D eigenvalue weighted by Crippen LogP contribution is 2.32. The van der Waals surface area contributed by atoms with Crippen LogP contribution in [0.3, 0.4) is 0 Å². The molecule has 4 heteroatoms. The minimum Gasteiger partial charge on any atom is -0.371 e. The molecule has 3 rings (SSSR count). The van der Waals surface area contributed by atoms with Crippen LogP contribution >= 0.6 is 0 Å². The molecule has 1 N–H and O–H groups in total. The SMILES string of the molecule is CC(C)CNCc1c(F)cccc1N1CC2CCC(C1)O2. The van der Waals surface area contributed by atoms with Crippen LogP contribution in [-0.4, -0.2) is 31.8 Å². The monoisotopic (exact) mass is 292 g/mol. The molecule has 2 saturated heterocycles. The van der Waals surface area contributed by atoms with Crippen LogP contribution in [0.4, 0.5) is 10.1 Å². The van der Waals surface area contributed by atoms with Gasteiger partial charge in [0, 0.05) is 30.9 Å². The molecule has 0 saturated carbocycles. The summed E-state index contributed by atoms with van der Waals surface area (Å²) in [5.74, 6) is 0.460. The van der Waals surface area contributed by atoms with Crippen molar-refractivity contribution in [2.45, 2.75) is 45.4 Å².